The summed E-state index contributed by atoms with van der Waals surface area (Å²) < 4.78 is 41.8. The first-order chi connectivity index (χ1) is 11.6. The molecule has 0 spiro atoms. The van der Waals surface area contributed by atoms with Crippen LogP contribution in [-0.2, 0) is 0 Å². The molecule has 25 heavy (non-hydrogen) atoms. The van der Waals surface area contributed by atoms with E-state index in [2.05, 4.69) is 4.74 Å². The summed E-state index contributed by atoms with van der Waals surface area (Å²) in [5, 5.41) is 2.02. The van der Waals surface area contributed by atoms with E-state index in [9.17, 15) is 27.6 Å². The van der Waals surface area contributed by atoms with Crippen molar-refractivity contribution in [2.24, 2.45) is 0 Å². The minimum Gasteiger partial charge on any atom is -0.406 e. The molecular weight excluding hydrogens is 458 g/mol. The van der Waals surface area contributed by atoms with Crippen LogP contribution in [-0.4, -0.2) is 22.7 Å². The normalized spacial score (nSPS) is 13.6. The molecule has 1 aromatic heterocycles. The number of pyridine rings is 1. The number of hydrogen-bond donors (Lipinski definition) is 2. The van der Waals surface area contributed by atoms with Gasteiger partial charge in [0, 0.05) is 9.64 Å². The maximum atomic E-state index is 12.3. The SMILES string of the molecule is Nc1c2c(cc(=O)n1-c1ccc(OC(F)(F)F)cc1I)C(=O)NC2=O. The third kappa shape index (κ3) is 3.06. The van der Waals surface area contributed by atoms with E-state index in [1.807, 2.05) is 5.32 Å². The summed E-state index contributed by atoms with van der Waals surface area (Å²) in [7, 11) is 0. The maximum Gasteiger partial charge on any atom is 0.573 e. The van der Waals surface area contributed by atoms with Gasteiger partial charge in [-0.1, -0.05) is 0 Å². The van der Waals surface area contributed by atoms with Crippen molar-refractivity contribution in [2.45, 2.75) is 6.36 Å². The van der Waals surface area contributed by atoms with E-state index in [1.165, 1.54) is 6.07 Å². The van der Waals surface area contributed by atoms with E-state index in [0.717, 1.165) is 22.8 Å². The molecule has 11 heteroatoms. The van der Waals surface area contributed by atoms with Gasteiger partial charge in [-0.25, -0.2) is 0 Å². The molecule has 7 nitrogen and oxygen atoms in total. The second-order valence-electron chi connectivity index (χ2n) is 4.94. The number of anilines is 1. The molecule has 0 aliphatic carbocycles. The van der Waals surface area contributed by atoms with Crippen molar-refractivity contribution in [3.05, 3.63) is 49.3 Å². The first-order valence-corrected chi connectivity index (χ1v) is 7.63. The second kappa shape index (κ2) is 5.75. The molecule has 0 saturated heterocycles. The molecule has 0 saturated carbocycles. The number of nitrogen functional groups attached to an aromatic ring is 1. The Morgan fingerprint density at radius 3 is 2.40 bits per heavy atom. The third-order valence-corrected chi connectivity index (χ3v) is 4.21. The first kappa shape index (κ1) is 17.3. The van der Waals surface area contributed by atoms with Gasteiger partial charge in [-0.2, -0.15) is 0 Å². The van der Waals surface area contributed by atoms with Crippen LogP contribution in [0.1, 0.15) is 20.7 Å². The van der Waals surface area contributed by atoms with Crippen LogP contribution in [0.5, 0.6) is 5.75 Å². The monoisotopic (exact) mass is 465 g/mol. The third-order valence-electron chi connectivity index (χ3n) is 3.35. The number of nitrogens with one attached hydrogen (secondary N) is 1. The number of imide groups is 1. The number of benzene rings is 1. The molecule has 0 bridgehead atoms. The second-order valence-corrected chi connectivity index (χ2v) is 6.10. The zero-order valence-electron chi connectivity index (χ0n) is 12.0. The Morgan fingerprint density at radius 2 is 1.80 bits per heavy atom. The lowest BCUT2D eigenvalue weighted by atomic mass is 10.1. The van der Waals surface area contributed by atoms with Crippen LogP contribution < -0.4 is 21.3 Å². The fourth-order valence-corrected chi connectivity index (χ4v) is 3.12. The van der Waals surface area contributed by atoms with E-state index in [4.69, 9.17) is 5.73 Å². The molecule has 2 aromatic rings. The van der Waals surface area contributed by atoms with E-state index < -0.39 is 29.5 Å². The van der Waals surface area contributed by atoms with Crippen molar-refractivity contribution in [1.29, 1.82) is 0 Å². The fraction of sp³-hybridized carbons (Fsp3) is 0.0714. The molecule has 1 aliphatic heterocycles. The number of nitrogens with two attached hydrogens (primary N) is 1. The summed E-state index contributed by atoms with van der Waals surface area (Å²) in [6.45, 7) is 0. The van der Waals surface area contributed by atoms with Crippen LogP contribution in [0.4, 0.5) is 19.0 Å². The van der Waals surface area contributed by atoms with Crippen LogP contribution in [0.3, 0.4) is 0 Å². The van der Waals surface area contributed by atoms with Crippen LogP contribution in [0.15, 0.2) is 29.1 Å². The lowest BCUT2D eigenvalue weighted by molar-refractivity contribution is -0.274. The quantitative estimate of drug-likeness (QED) is 0.521. The average molecular weight is 465 g/mol. The van der Waals surface area contributed by atoms with Crippen molar-refractivity contribution < 1.29 is 27.5 Å². The molecule has 0 radical (unpaired) electrons. The molecule has 2 heterocycles. The van der Waals surface area contributed by atoms with Crippen molar-refractivity contribution in [3.63, 3.8) is 0 Å². The van der Waals surface area contributed by atoms with Crippen molar-refractivity contribution in [2.75, 3.05) is 5.73 Å². The Kier molecular flexibility index (Phi) is 3.97. The predicted octanol–water partition coefficient (Wildman–Crippen LogP) is 1.81. The van der Waals surface area contributed by atoms with Gasteiger partial charge < -0.3 is 10.5 Å². The Hall–Kier alpha value is -2.57. The molecular formula is C14H7F3IN3O4. The van der Waals surface area contributed by atoms with E-state index in [0.29, 0.717) is 0 Å². The van der Waals surface area contributed by atoms with Gasteiger partial charge in [0.25, 0.3) is 17.4 Å². The number of amides is 2. The van der Waals surface area contributed by atoms with Crippen molar-refractivity contribution in [3.8, 4) is 11.4 Å². The maximum absolute atomic E-state index is 12.3. The number of alkyl halides is 3. The number of ether oxygens (including phenoxy) is 1. The first-order valence-electron chi connectivity index (χ1n) is 6.55. The Bertz CT molecular complexity index is 985. The number of hydrogen-bond acceptors (Lipinski definition) is 5. The summed E-state index contributed by atoms with van der Waals surface area (Å²) >= 11 is 1.70. The summed E-state index contributed by atoms with van der Waals surface area (Å²) in [6, 6.07) is 4.22. The number of halogens is 4. The number of nitrogens with zero attached hydrogens (tertiary/aromatic N) is 1. The highest BCUT2D eigenvalue weighted by atomic mass is 127. The van der Waals surface area contributed by atoms with Gasteiger partial charge in [0.2, 0.25) is 0 Å². The molecule has 0 unspecified atom stereocenters. The highest BCUT2D eigenvalue weighted by Gasteiger charge is 2.33. The number of fused-ring (bicyclic) bond motifs is 1. The fourth-order valence-electron chi connectivity index (χ4n) is 2.39. The number of carbonyl (C=O) groups is 2. The van der Waals surface area contributed by atoms with Gasteiger partial charge in [-0.05, 0) is 40.8 Å². The molecule has 0 atom stereocenters. The van der Waals surface area contributed by atoms with E-state index in [-0.39, 0.29) is 26.2 Å². The molecule has 1 aliphatic rings. The largest absolute Gasteiger partial charge is 0.573 e. The minimum absolute atomic E-state index is 0.143. The summed E-state index contributed by atoms with van der Waals surface area (Å²) in [5.74, 6) is -2.24. The van der Waals surface area contributed by atoms with Crippen molar-refractivity contribution >= 4 is 40.2 Å². The number of aromatic nitrogens is 1. The topological polar surface area (TPSA) is 103 Å². The van der Waals surface area contributed by atoms with Crippen molar-refractivity contribution in [1.82, 2.24) is 9.88 Å². The van der Waals surface area contributed by atoms with E-state index >= 15 is 0 Å². The molecule has 130 valence electrons. The number of rotatable bonds is 2. The van der Waals surface area contributed by atoms with Gasteiger partial charge in [0.1, 0.15) is 11.6 Å². The Morgan fingerprint density at radius 1 is 1.12 bits per heavy atom. The van der Waals surface area contributed by atoms with Gasteiger partial charge in [0.15, 0.2) is 0 Å². The average Bonchev–Trinajstić information content (AvgIpc) is 2.74. The summed E-state index contributed by atoms with van der Waals surface area (Å²) in [4.78, 5) is 35.7. The zero-order chi connectivity index (χ0) is 18.5. The highest BCUT2D eigenvalue weighted by Crippen LogP contribution is 2.29. The Labute approximate surface area is 150 Å². The van der Waals surface area contributed by atoms with Crippen LogP contribution in [0, 0.1) is 3.57 Å². The summed E-state index contributed by atoms with van der Waals surface area (Å²) in [5.41, 5.74) is 5.01. The predicted molar refractivity (Wildman–Crippen MR) is 87.6 cm³/mol. The van der Waals surface area contributed by atoms with Gasteiger partial charge in [-0.15, -0.1) is 13.2 Å². The van der Waals surface area contributed by atoms with E-state index in [1.54, 1.807) is 22.6 Å². The molecule has 3 N–H and O–H groups in total. The molecule has 1 aromatic carbocycles. The number of carbonyl (C=O) groups excluding carboxylic acids is 2. The molecule has 0 fully saturated rings. The lowest BCUT2D eigenvalue weighted by Gasteiger charge is -2.15. The molecule has 3 rings (SSSR count). The minimum atomic E-state index is -4.85. The standard InChI is InChI=1S/C14H7F3IN3O4/c15-14(16,17)25-5-1-2-8(7(18)3-5)21-9(22)4-6-10(11(21)19)13(24)20-12(6)23/h1-4H,19H2,(H,20,23,24). The molecule has 2 amide bonds. The highest BCUT2D eigenvalue weighted by molar-refractivity contribution is 14.1. The summed E-state index contributed by atoms with van der Waals surface area (Å²) in [6.07, 6.45) is -4.85. The van der Waals surface area contributed by atoms with Crippen LogP contribution >= 0.6 is 22.6 Å². The zero-order valence-corrected chi connectivity index (χ0v) is 14.1. The Balaban J connectivity index is 2.15. The van der Waals surface area contributed by atoms with Gasteiger partial charge >= 0.3 is 6.36 Å². The smallest absolute Gasteiger partial charge is 0.406 e. The van der Waals surface area contributed by atoms with Gasteiger partial charge in [-0.3, -0.25) is 24.3 Å². The van der Waals surface area contributed by atoms with Crippen LogP contribution in [0.25, 0.3) is 5.69 Å². The van der Waals surface area contributed by atoms with Crippen LogP contribution in [0.2, 0.25) is 0 Å². The lowest BCUT2D eigenvalue weighted by Crippen LogP contribution is -2.25. The van der Waals surface area contributed by atoms with Gasteiger partial charge in [0.05, 0.1) is 16.8 Å².